The topological polar surface area (TPSA) is 84.1 Å². The van der Waals surface area contributed by atoms with E-state index in [-0.39, 0.29) is 6.10 Å². The molecule has 0 spiro atoms. The van der Waals surface area contributed by atoms with Crippen molar-refractivity contribution in [1.82, 2.24) is 9.97 Å². The molecule has 1 aromatic carbocycles. The molecule has 2 atom stereocenters. The van der Waals surface area contributed by atoms with Crippen LogP contribution in [0.15, 0.2) is 24.3 Å². The number of hydrogen-bond donors (Lipinski definition) is 3. The molecular formula is C15H20N4O. The Kier molecular flexibility index (Phi) is 3.69. The first-order valence-corrected chi connectivity index (χ1v) is 7.16. The predicted molar refractivity (Wildman–Crippen MR) is 80.4 cm³/mol. The van der Waals surface area contributed by atoms with E-state index in [4.69, 9.17) is 5.73 Å². The highest BCUT2D eigenvalue weighted by molar-refractivity contribution is 5.79. The molecule has 1 saturated carbocycles. The fourth-order valence-corrected chi connectivity index (χ4v) is 2.83. The molecule has 2 unspecified atom stereocenters. The number of benzene rings is 1. The first kappa shape index (κ1) is 13.1. The van der Waals surface area contributed by atoms with Crippen LogP contribution in [0.2, 0.25) is 0 Å². The van der Waals surface area contributed by atoms with Crippen LogP contribution in [-0.4, -0.2) is 27.7 Å². The summed E-state index contributed by atoms with van der Waals surface area (Å²) in [5, 5.41) is 13.0. The summed E-state index contributed by atoms with van der Waals surface area (Å²) in [5.41, 5.74) is 7.59. The van der Waals surface area contributed by atoms with Crippen LogP contribution in [0, 0.1) is 5.92 Å². The van der Waals surface area contributed by atoms with Crippen molar-refractivity contribution in [3.05, 3.63) is 24.3 Å². The summed E-state index contributed by atoms with van der Waals surface area (Å²) < 4.78 is 0. The van der Waals surface area contributed by atoms with Crippen molar-refractivity contribution in [2.45, 2.75) is 31.8 Å². The SMILES string of the molecule is Nc1nc2ccccc2nc1NCC1CCCC(O)C1. The van der Waals surface area contributed by atoms with Gasteiger partial charge in [-0.1, -0.05) is 18.6 Å². The maximum absolute atomic E-state index is 9.69. The molecule has 5 heteroatoms. The maximum Gasteiger partial charge on any atom is 0.169 e. The minimum absolute atomic E-state index is 0.157. The summed E-state index contributed by atoms with van der Waals surface area (Å²) in [4.78, 5) is 8.87. The number of anilines is 2. The number of aliphatic hydroxyl groups excluding tert-OH is 1. The third-order valence-electron chi connectivity index (χ3n) is 3.91. The molecule has 1 aliphatic rings. The van der Waals surface area contributed by atoms with Crippen molar-refractivity contribution in [3.63, 3.8) is 0 Å². The largest absolute Gasteiger partial charge is 0.393 e. The number of rotatable bonds is 3. The molecule has 2 aromatic rings. The Morgan fingerprint density at radius 3 is 2.70 bits per heavy atom. The van der Waals surface area contributed by atoms with Crippen LogP contribution in [0.25, 0.3) is 11.0 Å². The second kappa shape index (κ2) is 5.63. The minimum Gasteiger partial charge on any atom is -0.393 e. The molecule has 1 aliphatic carbocycles. The van der Waals surface area contributed by atoms with Gasteiger partial charge in [-0.15, -0.1) is 0 Å². The summed E-state index contributed by atoms with van der Waals surface area (Å²) >= 11 is 0. The zero-order chi connectivity index (χ0) is 13.9. The third-order valence-corrected chi connectivity index (χ3v) is 3.91. The molecule has 106 valence electrons. The van der Waals surface area contributed by atoms with Crippen molar-refractivity contribution in [1.29, 1.82) is 0 Å². The summed E-state index contributed by atoms with van der Waals surface area (Å²) in [6, 6.07) is 7.69. The van der Waals surface area contributed by atoms with E-state index in [0.29, 0.717) is 17.6 Å². The number of para-hydroxylation sites is 2. The van der Waals surface area contributed by atoms with Crippen LogP contribution in [0.5, 0.6) is 0 Å². The molecular weight excluding hydrogens is 252 g/mol. The van der Waals surface area contributed by atoms with E-state index < -0.39 is 0 Å². The van der Waals surface area contributed by atoms with Gasteiger partial charge in [-0.3, -0.25) is 0 Å². The van der Waals surface area contributed by atoms with Crippen LogP contribution in [0.4, 0.5) is 11.6 Å². The van der Waals surface area contributed by atoms with Crippen molar-refractivity contribution >= 4 is 22.7 Å². The molecule has 1 aromatic heterocycles. The molecule has 1 heterocycles. The third kappa shape index (κ3) is 2.82. The summed E-state index contributed by atoms with van der Waals surface area (Å²) in [7, 11) is 0. The average Bonchev–Trinajstić information content (AvgIpc) is 2.45. The van der Waals surface area contributed by atoms with Gasteiger partial charge in [-0.05, 0) is 37.3 Å². The van der Waals surface area contributed by atoms with Crippen LogP contribution in [0.1, 0.15) is 25.7 Å². The lowest BCUT2D eigenvalue weighted by Gasteiger charge is -2.26. The van der Waals surface area contributed by atoms with E-state index in [1.807, 2.05) is 24.3 Å². The van der Waals surface area contributed by atoms with E-state index in [9.17, 15) is 5.11 Å². The van der Waals surface area contributed by atoms with Crippen molar-refractivity contribution in [2.75, 3.05) is 17.6 Å². The van der Waals surface area contributed by atoms with E-state index in [1.165, 1.54) is 0 Å². The van der Waals surface area contributed by atoms with E-state index >= 15 is 0 Å². The van der Waals surface area contributed by atoms with Crippen molar-refractivity contribution < 1.29 is 5.11 Å². The van der Waals surface area contributed by atoms with Gasteiger partial charge in [0.2, 0.25) is 0 Å². The van der Waals surface area contributed by atoms with Gasteiger partial charge in [-0.25, -0.2) is 9.97 Å². The predicted octanol–water partition coefficient (Wildman–Crippen LogP) is 2.17. The molecule has 4 N–H and O–H groups in total. The molecule has 0 radical (unpaired) electrons. The summed E-state index contributed by atoms with van der Waals surface area (Å²) in [6.45, 7) is 0.786. The number of nitrogens with two attached hydrogens (primary N) is 1. The van der Waals surface area contributed by atoms with Gasteiger partial charge >= 0.3 is 0 Å². The van der Waals surface area contributed by atoms with Crippen molar-refractivity contribution in [2.24, 2.45) is 5.92 Å². The standard InChI is InChI=1S/C15H20N4O/c16-14-15(17-9-10-4-3-5-11(20)8-10)19-13-7-2-1-6-12(13)18-14/h1-2,6-7,10-11,20H,3-5,8-9H2,(H2,16,18)(H,17,19). The first-order valence-electron chi connectivity index (χ1n) is 7.16. The maximum atomic E-state index is 9.69. The Morgan fingerprint density at radius 2 is 1.95 bits per heavy atom. The number of nitrogens with zero attached hydrogens (tertiary/aromatic N) is 2. The van der Waals surface area contributed by atoms with E-state index in [0.717, 1.165) is 43.3 Å². The lowest BCUT2D eigenvalue weighted by atomic mass is 9.87. The number of fused-ring (bicyclic) bond motifs is 1. The highest BCUT2D eigenvalue weighted by Gasteiger charge is 2.20. The van der Waals surface area contributed by atoms with Gasteiger partial charge in [-0.2, -0.15) is 0 Å². The molecule has 0 saturated heterocycles. The summed E-state index contributed by atoms with van der Waals surface area (Å²) in [6.07, 6.45) is 3.86. The molecule has 1 fully saturated rings. The van der Waals surface area contributed by atoms with Crippen LogP contribution in [0.3, 0.4) is 0 Å². The fourth-order valence-electron chi connectivity index (χ4n) is 2.83. The Bertz CT molecular complexity index is 601. The molecule has 5 nitrogen and oxygen atoms in total. The zero-order valence-electron chi connectivity index (χ0n) is 11.4. The van der Waals surface area contributed by atoms with Gasteiger partial charge < -0.3 is 16.2 Å². The smallest absolute Gasteiger partial charge is 0.169 e. The molecule has 3 rings (SSSR count). The quantitative estimate of drug-likeness (QED) is 0.797. The van der Waals surface area contributed by atoms with Crippen LogP contribution >= 0.6 is 0 Å². The van der Waals surface area contributed by atoms with Gasteiger partial charge in [0, 0.05) is 6.54 Å². The van der Waals surface area contributed by atoms with Gasteiger partial charge in [0.1, 0.15) is 0 Å². The second-order valence-electron chi connectivity index (χ2n) is 5.51. The number of aromatic nitrogens is 2. The van der Waals surface area contributed by atoms with Crippen LogP contribution < -0.4 is 11.1 Å². The fraction of sp³-hybridized carbons (Fsp3) is 0.467. The lowest BCUT2D eigenvalue weighted by Crippen LogP contribution is -2.25. The Balaban J connectivity index is 1.72. The highest BCUT2D eigenvalue weighted by atomic mass is 16.3. The number of nitrogen functional groups attached to an aromatic ring is 1. The van der Waals surface area contributed by atoms with E-state index in [1.54, 1.807) is 0 Å². The highest BCUT2D eigenvalue weighted by Crippen LogP contribution is 2.25. The van der Waals surface area contributed by atoms with Gasteiger partial charge in [0.25, 0.3) is 0 Å². The lowest BCUT2D eigenvalue weighted by molar-refractivity contribution is 0.104. The number of aliphatic hydroxyl groups is 1. The minimum atomic E-state index is -0.157. The normalized spacial score (nSPS) is 22.9. The molecule has 0 bridgehead atoms. The number of nitrogens with one attached hydrogen (secondary N) is 1. The Hall–Kier alpha value is -1.88. The Labute approximate surface area is 118 Å². The van der Waals surface area contributed by atoms with Gasteiger partial charge in [0.15, 0.2) is 11.6 Å². The van der Waals surface area contributed by atoms with Crippen LogP contribution in [-0.2, 0) is 0 Å². The molecule has 20 heavy (non-hydrogen) atoms. The zero-order valence-corrected chi connectivity index (χ0v) is 11.4. The van der Waals surface area contributed by atoms with Crippen molar-refractivity contribution in [3.8, 4) is 0 Å². The monoisotopic (exact) mass is 272 g/mol. The van der Waals surface area contributed by atoms with E-state index in [2.05, 4.69) is 15.3 Å². The summed E-state index contributed by atoms with van der Waals surface area (Å²) in [5.74, 6) is 1.55. The average molecular weight is 272 g/mol. The van der Waals surface area contributed by atoms with Gasteiger partial charge in [0.05, 0.1) is 17.1 Å². The molecule has 0 amide bonds. The molecule has 0 aliphatic heterocycles. The number of hydrogen-bond acceptors (Lipinski definition) is 5. The second-order valence-corrected chi connectivity index (χ2v) is 5.51. The first-order chi connectivity index (χ1) is 9.72. The Morgan fingerprint density at radius 1 is 1.20 bits per heavy atom.